The van der Waals surface area contributed by atoms with Crippen molar-refractivity contribution in [1.82, 2.24) is 14.5 Å². The smallest absolute Gasteiger partial charge is 0.152 e. The first kappa shape index (κ1) is 12.7. The van der Waals surface area contributed by atoms with Crippen molar-refractivity contribution in [2.75, 3.05) is 36.5 Å². The molecular weight excluding hydrogens is 260 g/mol. The molecule has 1 aliphatic heterocycles. The van der Waals surface area contributed by atoms with Crippen LogP contribution in [0.2, 0.25) is 0 Å². The third-order valence-electron chi connectivity index (χ3n) is 2.70. The molecule has 2 heterocycles. The van der Waals surface area contributed by atoms with Gasteiger partial charge in [0.2, 0.25) is 0 Å². The molecule has 0 unspecified atom stereocenters. The molecule has 1 aromatic heterocycles. The number of rotatable bonds is 4. The van der Waals surface area contributed by atoms with Gasteiger partial charge in [0.05, 0.1) is 11.5 Å². The molecule has 1 N–H and O–H groups in total. The molecule has 0 aromatic carbocycles. The summed E-state index contributed by atoms with van der Waals surface area (Å²) >= 11 is 1.35. The number of aromatic nitrogens is 2. The standard InChI is InChI=1S/C9H16N4O2S2/c1-2-10-9-8(11-12-16-9)7-13-3-5-17(14,15)6-4-13/h10H,2-7H2,1H3. The zero-order chi connectivity index (χ0) is 12.3. The number of sulfone groups is 1. The van der Waals surface area contributed by atoms with E-state index in [4.69, 9.17) is 0 Å². The quantitative estimate of drug-likeness (QED) is 0.847. The van der Waals surface area contributed by atoms with Gasteiger partial charge < -0.3 is 5.32 Å². The molecule has 0 spiro atoms. The van der Waals surface area contributed by atoms with E-state index in [2.05, 4.69) is 19.8 Å². The fraction of sp³-hybridized carbons (Fsp3) is 0.778. The molecule has 0 radical (unpaired) electrons. The van der Waals surface area contributed by atoms with Gasteiger partial charge in [-0.3, -0.25) is 4.90 Å². The highest BCUT2D eigenvalue weighted by atomic mass is 32.2. The lowest BCUT2D eigenvalue weighted by molar-refractivity contribution is 0.284. The summed E-state index contributed by atoms with van der Waals surface area (Å²) in [6, 6.07) is 0. The Bertz CT molecular complexity index is 457. The van der Waals surface area contributed by atoms with Crippen molar-refractivity contribution in [2.45, 2.75) is 13.5 Å². The number of nitrogens with one attached hydrogen (secondary N) is 1. The van der Waals surface area contributed by atoms with Crippen molar-refractivity contribution in [2.24, 2.45) is 0 Å². The highest BCUT2D eigenvalue weighted by Crippen LogP contribution is 2.19. The van der Waals surface area contributed by atoms with Gasteiger partial charge >= 0.3 is 0 Å². The van der Waals surface area contributed by atoms with Crippen molar-refractivity contribution in [1.29, 1.82) is 0 Å². The number of hydrogen-bond acceptors (Lipinski definition) is 7. The minimum atomic E-state index is -2.81. The second-order valence-electron chi connectivity index (χ2n) is 4.01. The van der Waals surface area contributed by atoms with E-state index in [1.165, 1.54) is 11.5 Å². The SMILES string of the molecule is CCNc1snnc1CN1CCS(=O)(=O)CC1. The first-order valence-corrected chi connectivity index (χ1v) is 8.18. The lowest BCUT2D eigenvalue weighted by Crippen LogP contribution is -2.39. The third kappa shape index (κ3) is 3.36. The van der Waals surface area contributed by atoms with Gasteiger partial charge in [0.15, 0.2) is 9.84 Å². The Hall–Kier alpha value is -0.730. The molecule has 2 rings (SSSR count). The van der Waals surface area contributed by atoms with Crippen molar-refractivity contribution >= 4 is 26.4 Å². The van der Waals surface area contributed by atoms with Gasteiger partial charge in [-0.15, -0.1) is 5.10 Å². The van der Waals surface area contributed by atoms with Crippen molar-refractivity contribution in [3.63, 3.8) is 0 Å². The Kier molecular flexibility index (Phi) is 3.95. The minimum Gasteiger partial charge on any atom is -0.374 e. The van der Waals surface area contributed by atoms with E-state index in [1.807, 2.05) is 6.92 Å². The van der Waals surface area contributed by atoms with Gasteiger partial charge in [-0.05, 0) is 6.92 Å². The van der Waals surface area contributed by atoms with Gasteiger partial charge in [-0.25, -0.2) is 8.42 Å². The van der Waals surface area contributed by atoms with Crippen molar-refractivity contribution in [3.05, 3.63) is 5.69 Å². The maximum Gasteiger partial charge on any atom is 0.152 e. The first-order valence-electron chi connectivity index (χ1n) is 5.58. The molecule has 0 atom stereocenters. The van der Waals surface area contributed by atoms with Crippen LogP contribution in [0.5, 0.6) is 0 Å². The fourth-order valence-corrected chi connectivity index (χ4v) is 3.64. The predicted octanol–water partition coefficient (Wildman–Crippen LogP) is 0.200. The van der Waals surface area contributed by atoms with Crippen molar-refractivity contribution < 1.29 is 8.42 Å². The summed E-state index contributed by atoms with van der Waals surface area (Å²) in [5.41, 5.74) is 0.913. The predicted molar refractivity (Wildman–Crippen MR) is 68.0 cm³/mol. The molecule has 0 aliphatic carbocycles. The number of hydrogen-bond donors (Lipinski definition) is 1. The first-order chi connectivity index (χ1) is 8.11. The van der Waals surface area contributed by atoms with E-state index < -0.39 is 9.84 Å². The van der Waals surface area contributed by atoms with Crippen LogP contribution in [0, 0.1) is 0 Å². The molecule has 1 fully saturated rings. The summed E-state index contributed by atoms with van der Waals surface area (Å²) in [5, 5.41) is 8.28. The Morgan fingerprint density at radius 2 is 2.12 bits per heavy atom. The summed E-state index contributed by atoms with van der Waals surface area (Å²) in [5.74, 6) is 0.502. The molecule has 0 amide bonds. The Labute approximate surface area is 105 Å². The number of nitrogens with zero attached hydrogens (tertiary/aromatic N) is 3. The number of anilines is 1. The van der Waals surface area contributed by atoms with Crippen LogP contribution < -0.4 is 5.32 Å². The molecular formula is C9H16N4O2S2. The summed E-state index contributed by atoms with van der Waals surface area (Å²) in [4.78, 5) is 2.11. The molecule has 96 valence electrons. The molecule has 8 heteroatoms. The minimum absolute atomic E-state index is 0.251. The highest BCUT2D eigenvalue weighted by Gasteiger charge is 2.22. The average Bonchev–Trinajstić information content (AvgIpc) is 2.70. The van der Waals surface area contributed by atoms with Crippen LogP contribution in [0.15, 0.2) is 0 Å². The Morgan fingerprint density at radius 1 is 1.41 bits per heavy atom. The van der Waals surface area contributed by atoms with E-state index in [9.17, 15) is 8.42 Å². The molecule has 0 saturated carbocycles. The maximum atomic E-state index is 11.3. The van der Waals surface area contributed by atoms with Gasteiger partial charge in [-0.2, -0.15) is 0 Å². The van der Waals surface area contributed by atoms with Crippen LogP contribution in [-0.2, 0) is 16.4 Å². The van der Waals surface area contributed by atoms with E-state index in [0.717, 1.165) is 17.2 Å². The monoisotopic (exact) mass is 276 g/mol. The second-order valence-corrected chi connectivity index (χ2v) is 7.06. The zero-order valence-corrected chi connectivity index (χ0v) is 11.4. The molecule has 1 aromatic rings. The van der Waals surface area contributed by atoms with Crippen LogP contribution in [0.25, 0.3) is 0 Å². The lowest BCUT2D eigenvalue weighted by atomic mass is 10.4. The maximum absolute atomic E-state index is 11.3. The summed E-state index contributed by atoms with van der Waals surface area (Å²) in [6.07, 6.45) is 0. The van der Waals surface area contributed by atoms with Crippen molar-refractivity contribution in [3.8, 4) is 0 Å². The summed E-state index contributed by atoms with van der Waals surface area (Å²) in [6.45, 7) is 4.72. The Balaban J connectivity index is 1.95. The van der Waals surface area contributed by atoms with Gasteiger partial charge in [0.1, 0.15) is 10.7 Å². The third-order valence-corrected chi connectivity index (χ3v) is 5.04. The van der Waals surface area contributed by atoms with E-state index in [0.29, 0.717) is 19.6 Å². The largest absolute Gasteiger partial charge is 0.374 e. The topological polar surface area (TPSA) is 75.2 Å². The summed E-state index contributed by atoms with van der Waals surface area (Å²) < 4.78 is 26.5. The molecule has 6 nitrogen and oxygen atoms in total. The van der Waals surface area contributed by atoms with Crippen LogP contribution in [0.4, 0.5) is 5.00 Å². The molecule has 1 saturated heterocycles. The Morgan fingerprint density at radius 3 is 2.76 bits per heavy atom. The second kappa shape index (κ2) is 5.28. The van der Waals surface area contributed by atoms with E-state index in [1.54, 1.807) is 0 Å². The van der Waals surface area contributed by atoms with Gasteiger partial charge in [-0.1, -0.05) is 4.49 Å². The molecule has 1 aliphatic rings. The molecule has 17 heavy (non-hydrogen) atoms. The average molecular weight is 276 g/mol. The van der Waals surface area contributed by atoms with Crippen LogP contribution in [0.3, 0.4) is 0 Å². The zero-order valence-electron chi connectivity index (χ0n) is 9.72. The van der Waals surface area contributed by atoms with E-state index in [-0.39, 0.29) is 11.5 Å². The van der Waals surface area contributed by atoms with Crippen LogP contribution in [0.1, 0.15) is 12.6 Å². The lowest BCUT2D eigenvalue weighted by Gasteiger charge is -2.25. The van der Waals surface area contributed by atoms with Gasteiger partial charge in [0.25, 0.3) is 0 Å². The van der Waals surface area contributed by atoms with Crippen LogP contribution >= 0.6 is 11.5 Å². The van der Waals surface area contributed by atoms with Gasteiger partial charge in [0, 0.05) is 37.7 Å². The van der Waals surface area contributed by atoms with Crippen LogP contribution in [-0.4, -0.2) is 54.0 Å². The molecule has 0 bridgehead atoms. The normalized spacial score (nSPS) is 20.3. The summed E-state index contributed by atoms with van der Waals surface area (Å²) in [7, 11) is -2.81. The van der Waals surface area contributed by atoms with E-state index >= 15 is 0 Å². The highest BCUT2D eigenvalue weighted by molar-refractivity contribution is 7.91. The fourth-order valence-electron chi connectivity index (χ4n) is 1.73.